The zero-order chi connectivity index (χ0) is 26.4. The highest BCUT2D eigenvalue weighted by Gasteiger charge is 2.28. The largest absolute Gasteiger partial charge is 0.497 e. The quantitative estimate of drug-likeness (QED) is 0.589. The number of benzene rings is 1. The van der Waals surface area contributed by atoms with Crippen LogP contribution >= 0.6 is 0 Å². The van der Waals surface area contributed by atoms with Crippen LogP contribution < -0.4 is 20.3 Å². The summed E-state index contributed by atoms with van der Waals surface area (Å²) in [7, 11) is 1.53. The summed E-state index contributed by atoms with van der Waals surface area (Å²) in [6, 6.07) is 8.37. The van der Waals surface area contributed by atoms with Gasteiger partial charge in [-0.3, -0.25) is 14.4 Å². The van der Waals surface area contributed by atoms with E-state index in [1.807, 2.05) is 9.80 Å². The maximum absolute atomic E-state index is 13.4. The number of hydrogen-bond donors (Lipinski definition) is 2. The molecule has 2 aliphatic heterocycles. The molecule has 10 nitrogen and oxygen atoms in total. The van der Waals surface area contributed by atoms with E-state index < -0.39 is 11.8 Å². The number of rotatable bonds is 7. The van der Waals surface area contributed by atoms with E-state index in [9.17, 15) is 14.4 Å². The Morgan fingerprint density at radius 3 is 2.51 bits per heavy atom. The standard InChI is InChI=1S/C27H35N5O5/c1-18-13-19(2)17-32(16-18)27(35)22-14-20(36-3)6-7-23(22)30-24(33)15-29-26(34)21-5-4-8-28-25(21)31-9-11-37-12-10-31/h4-8,14,18-19H,9-13,15-17H2,1-3H3,(H,29,34)(H,30,33)/t18-,19+. The van der Waals surface area contributed by atoms with E-state index in [0.717, 1.165) is 6.42 Å². The predicted molar refractivity (Wildman–Crippen MR) is 140 cm³/mol. The minimum absolute atomic E-state index is 0.151. The third kappa shape index (κ3) is 6.56. The van der Waals surface area contributed by atoms with Gasteiger partial charge in [-0.05, 0) is 48.6 Å². The first-order valence-electron chi connectivity index (χ1n) is 12.7. The zero-order valence-corrected chi connectivity index (χ0v) is 21.7. The SMILES string of the molecule is COc1ccc(NC(=O)CNC(=O)c2cccnc2N2CCOCC2)c(C(=O)N2C[C@H](C)C[C@H](C)C2)c1. The van der Waals surface area contributed by atoms with E-state index in [-0.39, 0.29) is 12.5 Å². The first-order valence-corrected chi connectivity index (χ1v) is 12.7. The second kappa shape index (κ2) is 12.1. The average Bonchev–Trinajstić information content (AvgIpc) is 2.91. The van der Waals surface area contributed by atoms with E-state index >= 15 is 0 Å². The van der Waals surface area contributed by atoms with Crippen LogP contribution in [0, 0.1) is 11.8 Å². The van der Waals surface area contributed by atoms with Crippen LogP contribution in [0.5, 0.6) is 5.75 Å². The fourth-order valence-corrected chi connectivity index (χ4v) is 4.99. The van der Waals surface area contributed by atoms with E-state index in [1.165, 1.54) is 7.11 Å². The van der Waals surface area contributed by atoms with Gasteiger partial charge in [-0.2, -0.15) is 0 Å². The van der Waals surface area contributed by atoms with Gasteiger partial charge in [0.15, 0.2) is 0 Å². The third-order valence-electron chi connectivity index (χ3n) is 6.64. The fraction of sp³-hybridized carbons (Fsp3) is 0.481. The summed E-state index contributed by atoms with van der Waals surface area (Å²) in [5.41, 5.74) is 1.14. The van der Waals surface area contributed by atoms with Crippen molar-refractivity contribution in [1.29, 1.82) is 0 Å². The first kappa shape index (κ1) is 26.4. The van der Waals surface area contributed by atoms with Gasteiger partial charge in [0.25, 0.3) is 11.8 Å². The van der Waals surface area contributed by atoms with Crippen LogP contribution in [0.15, 0.2) is 36.5 Å². The summed E-state index contributed by atoms with van der Waals surface area (Å²) in [5, 5.41) is 5.47. The lowest BCUT2D eigenvalue weighted by atomic mass is 9.91. The second-order valence-corrected chi connectivity index (χ2v) is 9.77. The Hall–Kier alpha value is -3.66. The van der Waals surface area contributed by atoms with Crippen molar-refractivity contribution in [2.24, 2.45) is 11.8 Å². The molecular weight excluding hydrogens is 474 g/mol. The number of hydrogen-bond acceptors (Lipinski definition) is 7. The molecule has 2 N–H and O–H groups in total. The van der Waals surface area contributed by atoms with E-state index in [4.69, 9.17) is 9.47 Å². The summed E-state index contributed by atoms with van der Waals surface area (Å²) >= 11 is 0. The first-order chi connectivity index (χ1) is 17.9. The number of ether oxygens (including phenoxy) is 2. The van der Waals surface area contributed by atoms with Crippen molar-refractivity contribution >= 4 is 29.2 Å². The average molecular weight is 510 g/mol. The molecule has 0 aliphatic carbocycles. The van der Waals surface area contributed by atoms with Crippen LogP contribution in [-0.2, 0) is 9.53 Å². The van der Waals surface area contributed by atoms with Crippen LogP contribution in [-0.4, -0.2) is 80.7 Å². The normalized spacial score (nSPS) is 19.8. The second-order valence-electron chi connectivity index (χ2n) is 9.77. The topological polar surface area (TPSA) is 113 Å². The molecule has 4 rings (SSSR count). The number of nitrogens with zero attached hydrogens (tertiary/aromatic N) is 3. The van der Waals surface area contributed by atoms with Crippen molar-refractivity contribution in [3.8, 4) is 5.75 Å². The monoisotopic (exact) mass is 509 g/mol. The smallest absolute Gasteiger partial charge is 0.256 e. The van der Waals surface area contributed by atoms with E-state index in [0.29, 0.717) is 79.6 Å². The van der Waals surface area contributed by atoms with E-state index in [2.05, 4.69) is 29.5 Å². The predicted octanol–water partition coefficient (Wildman–Crippen LogP) is 2.41. The van der Waals surface area contributed by atoms with Crippen molar-refractivity contribution < 1.29 is 23.9 Å². The van der Waals surface area contributed by atoms with Gasteiger partial charge in [0, 0.05) is 32.4 Å². The number of carbonyl (C=O) groups excluding carboxylic acids is 3. The molecular formula is C27H35N5O5. The molecule has 0 radical (unpaired) electrons. The lowest BCUT2D eigenvalue weighted by Crippen LogP contribution is -2.43. The Balaban J connectivity index is 1.43. The summed E-state index contributed by atoms with van der Waals surface area (Å²) in [5.74, 6) is 0.915. The Kier molecular flexibility index (Phi) is 8.60. The molecule has 0 saturated carbocycles. The number of aromatic nitrogens is 1. The summed E-state index contributed by atoms with van der Waals surface area (Å²) in [6.07, 6.45) is 2.72. The minimum atomic E-state index is -0.440. The molecule has 2 aromatic rings. The molecule has 198 valence electrons. The zero-order valence-electron chi connectivity index (χ0n) is 21.7. The molecule has 0 spiro atoms. The lowest BCUT2D eigenvalue weighted by molar-refractivity contribution is -0.115. The minimum Gasteiger partial charge on any atom is -0.497 e. The molecule has 1 aromatic heterocycles. The van der Waals surface area contributed by atoms with Crippen LogP contribution in [0.1, 0.15) is 41.0 Å². The summed E-state index contributed by atoms with van der Waals surface area (Å²) in [6.45, 7) is 7.77. The molecule has 2 saturated heterocycles. The number of pyridine rings is 1. The number of morpholine rings is 1. The molecule has 3 amide bonds. The number of piperidine rings is 1. The fourth-order valence-electron chi connectivity index (χ4n) is 4.99. The van der Waals surface area contributed by atoms with E-state index in [1.54, 1.807) is 36.5 Å². The van der Waals surface area contributed by atoms with Crippen molar-refractivity contribution in [1.82, 2.24) is 15.2 Å². The van der Waals surface area contributed by atoms with Gasteiger partial charge in [-0.15, -0.1) is 0 Å². The van der Waals surface area contributed by atoms with Crippen LogP contribution in [0.3, 0.4) is 0 Å². The van der Waals surface area contributed by atoms with Crippen LogP contribution in [0.4, 0.5) is 11.5 Å². The Bertz CT molecular complexity index is 1120. The highest BCUT2D eigenvalue weighted by atomic mass is 16.5. The van der Waals surface area contributed by atoms with Gasteiger partial charge < -0.3 is 29.9 Å². The van der Waals surface area contributed by atoms with Gasteiger partial charge in [0.05, 0.1) is 43.7 Å². The maximum Gasteiger partial charge on any atom is 0.256 e. The number of carbonyl (C=O) groups is 3. The van der Waals surface area contributed by atoms with Crippen molar-refractivity contribution in [2.45, 2.75) is 20.3 Å². The highest BCUT2D eigenvalue weighted by Crippen LogP contribution is 2.27. The molecule has 2 atom stereocenters. The molecule has 2 aliphatic rings. The molecule has 1 aromatic carbocycles. The molecule has 10 heteroatoms. The number of amides is 3. The lowest BCUT2D eigenvalue weighted by Gasteiger charge is -2.35. The maximum atomic E-state index is 13.4. The Morgan fingerprint density at radius 2 is 1.81 bits per heavy atom. The Morgan fingerprint density at radius 1 is 1.08 bits per heavy atom. The van der Waals surface area contributed by atoms with Gasteiger partial charge in [0.1, 0.15) is 11.6 Å². The van der Waals surface area contributed by atoms with Gasteiger partial charge >= 0.3 is 0 Å². The van der Waals surface area contributed by atoms with Crippen molar-refractivity contribution in [3.05, 3.63) is 47.7 Å². The molecule has 37 heavy (non-hydrogen) atoms. The molecule has 0 bridgehead atoms. The van der Waals surface area contributed by atoms with Gasteiger partial charge in [0.2, 0.25) is 5.91 Å². The molecule has 3 heterocycles. The summed E-state index contributed by atoms with van der Waals surface area (Å²) < 4.78 is 10.7. The number of anilines is 2. The third-order valence-corrected chi connectivity index (χ3v) is 6.64. The number of likely N-dealkylation sites (tertiary alicyclic amines) is 1. The molecule has 2 fully saturated rings. The number of methoxy groups -OCH3 is 1. The van der Waals surface area contributed by atoms with Crippen LogP contribution in [0.2, 0.25) is 0 Å². The Labute approximate surface area is 217 Å². The van der Waals surface area contributed by atoms with Gasteiger partial charge in [-0.1, -0.05) is 13.8 Å². The van der Waals surface area contributed by atoms with Gasteiger partial charge in [-0.25, -0.2) is 4.98 Å². The summed E-state index contributed by atoms with van der Waals surface area (Å²) in [4.78, 5) is 47.4. The van der Waals surface area contributed by atoms with Crippen molar-refractivity contribution in [3.63, 3.8) is 0 Å². The molecule has 0 unspecified atom stereocenters. The van der Waals surface area contributed by atoms with Crippen LogP contribution in [0.25, 0.3) is 0 Å². The van der Waals surface area contributed by atoms with Crippen molar-refractivity contribution in [2.75, 3.05) is 63.3 Å². The number of nitrogens with one attached hydrogen (secondary N) is 2. The highest BCUT2D eigenvalue weighted by molar-refractivity contribution is 6.06.